The summed E-state index contributed by atoms with van der Waals surface area (Å²) >= 11 is 6.21. The summed E-state index contributed by atoms with van der Waals surface area (Å²) in [6.45, 7) is 5.79. The molecule has 0 saturated carbocycles. The normalized spacial score (nSPS) is 14.9. The zero-order valence-corrected chi connectivity index (χ0v) is 20.7. The number of aryl methyl sites for hydroxylation is 2. The zero-order valence-electron chi connectivity index (χ0n) is 19.9. The van der Waals surface area contributed by atoms with Gasteiger partial charge in [0.1, 0.15) is 11.3 Å². The Bertz CT molecular complexity index is 1370. The van der Waals surface area contributed by atoms with Crippen molar-refractivity contribution in [1.82, 2.24) is 5.32 Å². The molecule has 1 heterocycles. The average Bonchev–Trinajstić information content (AvgIpc) is 2.79. The first-order chi connectivity index (χ1) is 16.7. The first kappa shape index (κ1) is 24.2. The molecular weight excluding hydrogens is 464 g/mol. The fraction of sp³-hybridized carbons (Fsp3) is 0.179. The van der Waals surface area contributed by atoms with Gasteiger partial charge in [-0.05, 0) is 79.8 Å². The lowest BCUT2D eigenvalue weighted by molar-refractivity contribution is -0.122. The van der Waals surface area contributed by atoms with Crippen LogP contribution in [0.5, 0.6) is 5.75 Å². The van der Waals surface area contributed by atoms with Gasteiger partial charge in [0.2, 0.25) is 0 Å². The molecule has 0 spiro atoms. The first-order valence-corrected chi connectivity index (χ1v) is 11.5. The second kappa shape index (κ2) is 9.76. The molecule has 35 heavy (non-hydrogen) atoms. The highest BCUT2D eigenvalue weighted by molar-refractivity contribution is 6.40. The molecule has 178 valence electrons. The second-order valence-corrected chi connectivity index (χ2v) is 8.99. The summed E-state index contributed by atoms with van der Waals surface area (Å²) < 4.78 is 5.41. The van der Waals surface area contributed by atoms with E-state index < -0.39 is 17.8 Å². The molecule has 4 rings (SSSR count). The fourth-order valence-electron chi connectivity index (χ4n) is 4.26. The van der Waals surface area contributed by atoms with Gasteiger partial charge in [-0.15, -0.1) is 0 Å². The van der Waals surface area contributed by atoms with Crippen molar-refractivity contribution in [1.29, 1.82) is 0 Å². The quantitative estimate of drug-likeness (QED) is 0.378. The van der Waals surface area contributed by atoms with Gasteiger partial charge in [0.25, 0.3) is 11.8 Å². The van der Waals surface area contributed by atoms with Crippen molar-refractivity contribution in [2.75, 3.05) is 12.0 Å². The maximum Gasteiger partial charge on any atom is 0.335 e. The van der Waals surface area contributed by atoms with Crippen LogP contribution >= 0.6 is 11.6 Å². The van der Waals surface area contributed by atoms with Crippen LogP contribution in [0.4, 0.5) is 10.5 Å². The molecule has 4 amide bonds. The average molecular weight is 489 g/mol. The number of imide groups is 2. The largest absolute Gasteiger partial charge is 0.497 e. The summed E-state index contributed by atoms with van der Waals surface area (Å²) in [5, 5.41) is 2.69. The van der Waals surface area contributed by atoms with Gasteiger partial charge < -0.3 is 4.74 Å². The highest BCUT2D eigenvalue weighted by Crippen LogP contribution is 2.30. The Morgan fingerprint density at radius 3 is 2.37 bits per heavy atom. The summed E-state index contributed by atoms with van der Waals surface area (Å²) in [6.07, 6.45) is 2.10. The van der Waals surface area contributed by atoms with Crippen molar-refractivity contribution in [3.8, 4) is 5.75 Å². The van der Waals surface area contributed by atoms with E-state index >= 15 is 0 Å². The van der Waals surface area contributed by atoms with E-state index in [0.29, 0.717) is 34.0 Å². The Morgan fingerprint density at radius 1 is 0.971 bits per heavy atom. The number of ether oxygens (including phenoxy) is 1. The van der Waals surface area contributed by atoms with Crippen LogP contribution in [-0.2, 0) is 16.0 Å². The van der Waals surface area contributed by atoms with Crippen LogP contribution in [0.25, 0.3) is 6.08 Å². The van der Waals surface area contributed by atoms with Crippen molar-refractivity contribution >= 4 is 41.2 Å². The molecule has 0 unspecified atom stereocenters. The van der Waals surface area contributed by atoms with Crippen LogP contribution in [0, 0.1) is 20.8 Å². The van der Waals surface area contributed by atoms with Crippen molar-refractivity contribution < 1.29 is 19.1 Å². The summed E-state index contributed by atoms with van der Waals surface area (Å²) in [5.41, 5.74) is 5.70. The van der Waals surface area contributed by atoms with E-state index in [0.717, 1.165) is 27.2 Å². The van der Waals surface area contributed by atoms with E-state index in [4.69, 9.17) is 16.3 Å². The molecule has 7 heteroatoms. The lowest BCUT2D eigenvalue weighted by atomic mass is 9.95. The van der Waals surface area contributed by atoms with Gasteiger partial charge in [0, 0.05) is 5.02 Å². The van der Waals surface area contributed by atoms with E-state index in [9.17, 15) is 14.4 Å². The monoisotopic (exact) mass is 488 g/mol. The van der Waals surface area contributed by atoms with Gasteiger partial charge in [-0.1, -0.05) is 53.1 Å². The molecule has 3 aromatic carbocycles. The van der Waals surface area contributed by atoms with Crippen LogP contribution < -0.4 is 15.0 Å². The SMILES string of the molecule is COc1ccc(/C=C2\C(=O)NC(=O)N(c3cccc(Cl)c3C)C2=O)c(Cc2cc(C)cc(C)c2)c1. The number of anilines is 1. The van der Waals surface area contributed by atoms with E-state index in [1.54, 1.807) is 44.4 Å². The van der Waals surface area contributed by atoms with Gasteiger partial charge >= 0.3 is 6.03 Å². The standard InChI is InChI=1S/C28H25ClN2O4/c1-16-10-17(2)12-19(11-16)13-21-14-22(35-4)9-8-20(21)15-23-26(32)30-28(34)31(27(23)33)25-7-5-6-24(29)18(25)3/h5-12,14-15H,13H2,1-4H3,(H,30,32,34)/b23-15+. The number of carbonyl (C=O) groups is 3. The second-order valence-electron chi connectivity index (χ2n) is 8.58. The van der Waals surface area contributed by atoms with Crippen LogP contribution in [0.3, 0.4) is 0 Å². The van der Waals surface area contributed by atoms with Gasteiger partial charge in [0.05, 0.1) is 12.8 Å². The molecule has 1 fully saturated rings. The fourth-order valence-corrected chi connectivity index (χ4v) is 4.43. The van der Waals surface area contributed by atoms with E-state index in [2.05, 4.69) is 23.5 Å². The highest BCUT2D eigenvalue weighted by atomic mass is 35.5. The smallest absolute Gasteiger partial charge is 0.335 e. The third-order valence-corrected chi connectivity index (χ3v) is 6.32. The summed E-state index contributed by atoms with van der Waals surface area (Å²) in [6, 6.07) is 15.9. The predicted octanol–water partition coefficient (Wildman–Crippen LogP) is 5.53. The number of nitrogens with one attached hydrogen (secondary N) is 1. The Labute approximate surface area is 209 Å². The minimum Gasteiger partial charge on any atom is -0.497 e. The number of methoxy groups -OCH3 is 1. The molecule has 1 N–H and O–H groups in total. The Hall–Kier alpha value is -3.90. The van der Waals surface area contributed by atoms with E-state index in [1.807, 2.05) is 19.9 Å². The Balaban J connectivity index is 1.78. The van der Waals surface area contributed by atoms with E-state index in [1.165, 1.54) is 6.08 Å². The predicted molar refractivity (Wildman–Crippen MR) is 137 cm³/mol. The summed E-state index contributed by atoms with van der Waals surface area (Å²) in [7, 11) is 1.59. The number of halogens is 1. The molecule has 0 radical (unpaired) electrons. The third-order valence-electron chi connectivity index (χ3n) is 5.91. The van der Waals surface area contributed by atoms with Gasteiger partial charge in [-0.25, -0.2) is 9.69 Å². The molecule has 0 aromatic heterocycles. The minimum atomic E-state index is -0.812. The zero-order chi connectivity index (χ0) is 25.3. The number of nitrogens with zero attached hydrogens (tertiary/aromatic N) is 1. The highest BCUT2D eigenvalue weighted by Gasteiger charge is 2.37. The molecule has 3 aromatic rings. The Morgan fingerprint density at radius 2 is 1.69 bits per heavy atom. The molecule has 0 atom stereocenters. The van der Waals surface area contributed by atoms with E-state index in [-0.39, 0.29) is 5.57 Å². The molecule has 1 saturated heterocycles. The third kappa shape index (κ3) is 4.98. The number of hydrogen-bond acceptors (Lipinski definition) is 4. The van der Waals surface area contributed by atoms with Gasteiger partial charge in [0.15, 0.2) is 0 Å². The Kier molecular flexibility index (Phi) is 6.76. The number of hydrogen-bond donors (Lipinski definition) is 1. The molecule has 1 aliphatic rings. The number of barbiturate groups is 1. The number of amides is 4. The maximum absolute atomic E-state index is 13.4. The molecule has 6 nitrogen and oxygen atoms in total. The molecular formula is C28H25ClN2O4. The van der Waals surface area contributed by atoms with Crippen molar-refractivity contribution in [2.45, 2.75) is 27.2 Å². The van der Waals surface area contributed by atoms with Crippen LogP contribution in [0.2, 0.25) is 5.02 Å². The van der Waals surface area contributed by atoms with Crippen molar-refractivity contribution in [3.05, 3.63) is 98.6 Å². The van der Waals surface area contributed by atoms with Gasteiger partial charge in [-0.3, -0.25) is 14.9 Å². The summed E-state index contributed by atoms with van der Waals surface area (Å²) in [4.78, 5) is 39.7. The number of rotatable bonds is 5. The number of carbonyl (C=O) groups excluding carboxylic acids is 3. The van der Waals surface area contributed by atoms with Crippen LogP contribution in [-0.4, -0.2) is 25.0 Å². The lowest BCUT2D eigenvalue weighted by Crippen LogP contribution is -2.54. The maximum atomic E-state index is 13.4. The first-order valence-electron chi connectivity index (χ1n) is 11.1. The van der Waals surface area contributed by atoms with Crippen LogP contribution in [0.15, 0.2) is 60.2 Å². The number of urea groups is 1. The molecule has 0 aliphatic carbocycles. The lowest BCUT2D eigenvalue weighted by Gasteiger charge is -2.28. The minimum absolute atomic E-state index is 0.143. The molecule has 0 bridgehead atoms. The topological polar surface area (TPSA) is 75.7 Å². The summed E-state index contributed by atoms with van der Waals surface area (Å²) in [5.74, 6) is -0.793. The van der Waals surface area contributed by atoms with Crippen molar-refractivity contribution in [2.24, 2.45) is 0 Å². The molecule has 1 aliphatic heterocycles. The van der Waals surface area contributed by atoms with Crippen molar-refractivity contribution in [3.63, 3.8) is 0 Å². The van der Waals surface area contributed by atoms with Gasteiger partial charge in [-0.2, -0.15) is 0 Å². The number of benzene rings is 3. The van der Waals surface area contributed by atoms with Crippen LogP contribution in [0.1, 0.15) is 33.4 Å².